The molecule has 0 spiro atoms. The molecule has 0 aliphatic carbocycles. The second-order valence-electron chi connectivity index (χ2n) is 5.26. The molecule has 104 valence electrons. The van der Waals surface area contributed by atoms with E-state index in [2.05, 4.69) is 50.0 Å². The fraction of sp³-hybridized carbons (Fsp3) is 0.176. The van der Waals surface area contributed by atoms with E-state index in [1.807, 2.05) is 24.4 Å². The number of rotatable bonds is 4. The molecular weight excluding hydrogens is 260 g/mol. The summed E-state index contributed by atoms with van der Waals surface area (Å²) in [6.07, 6.45) is 7.19. The van der Waals surface area contributed by atoms with E-state index in [1.165, 1.54) is 16.5 Å². The number of hydrogen-bond acceptors (Lipinski definition) is 2. The highest BCUT2D eigenvalue weighted by Crippen LogP contribution is 2.19. The number of aromatic amines is 1. The Morgan fingerprint density at radius 2 is 1.86 bits per heavy atom. The summed E-state index contributed by atoms with van der Waals surface area (Å²) >= 11 is 0. The maximum atomic E-state index is 4.28. The predicted molar refractivity (Wildman–Crippen MR) is 83.3 cm³/mol. The van der Waals surface area contributed by atoms with Crippen LogP contribution < -0.4 is 0 Å². The molecule has 4 aromatic rings. The largest absolute Gasteiger partial charge is 0.361 e. The molecule has 0 aliphatic rings. The maximum Gasteiger partial charge on any atom is 0.160 e. The number of fused-ring (bicyclic) bond motifs is 2. The summed E-state index contributed by atoms with van der Waals surface area (Å²) in [5.74, 6) is 1.03. The number of pyridine rings is 1. The van der Waals surface area contributed by atoms with Gasteiger partial charge in [-0.15, -0.1) is 10.2 Å². The average molecular weight is 276 g/mol. The predicted octanol–water partition coefficient (Wildman–Crippen LogP) is 3.39. The lowest BCUT2D eigenvalue weighted by atomic mass is 10.1. The highest BCUT2D eigenvalue weighted by molar-refractivity contribution is 5.82. The van der Waals surface area contributed by atoms with Crippen molar-refractivity contribution in [1.29, 1.82) is 0 Å². The molecule has 3 heterocycles. The van der Waals surface area contributed by atoms with E-state index < -0.39 is 0 Å². The molecule has 0 bridgehead atoms. The van der Waals surface area contributed by atoms with Crippen molar-refractivity contribution in [1.82, 2.24) is 19.6 Å². The molecule has 4 rings (SSSR count). The third-order valence-corrected chi connectivity index (χ3v) is 3.91. The number of aromatic nitrogens is 4. The molecule has 0 saturated carbocycles. The Kier molecular flexibility index (Phi) is 2.92. The van der Waals surface area contributed by atoms with E-state index in [4.69, 9.17) is 0 Å². The summed E-state index contributed by atoms with van der Waals surface area (Å²) in [6.45, 7) is 0. The number of para-hydroxylation sites is 1. The Labute approximate surface area is 122 Å². The summed E-state index contributed by atoms with van der Waals surface area (Å²) < 4.78 is 2.06. The zero-order valence-corrected chi connectivity index (χ0v) is 11.7. The quantitative estimate of drug-likeness (QED) is 0.621. The van der Waals surface area contributed by atoms with E-state index in [-0.39, 0.29) is 0 Å². The van der Waals surface area contributed by atoms with Crippen molar-refractivity contribution in [2.45, 2.75) is 19.3 Å². The maximum absolute atomic E-state index is 4.28. The molecule has 0 unspecified atom stereocenters. The van der Waals surface area contributed by atoms with E-state index in [0.717, 1.165) is 30.7 Å². The topological polar surface area (TPSA) is 46.0 Å². The first-order valence-corrected chi connectivity index (χ1v) is 7.25. The van der Waals surface area contributed by atoms with Gasteiger partial charge in [0.15, 0.2) is 5.65 Å². The van der Waals surface area contributed by atoms with Gasteiger partial charge in [0.2, 0.25) is 0 Å². The smallest absolute Gasteiger partial charge is 0.160 e. The first kappa shape index (κ1) is 12.1. The molecule has 21 heavy (non-hydrogen) atoms. The van der Waals surface area contributed by atoms with Gasteiger partial charge in [0, 0.05) is 29.7 Å². The highest BCUT2D eigenvalue weighted by Gasteiger charge is 2.06. The monoisotopic (exact) mass is 276 g/mol. The SMILES string of the molecule is c1ccc2c(CCCc3nnc4ccccn34)c[nH]c2c1. The van der Waals surface area contributed by atoms with Crippen LogP contribution in [0.1, 0.15) is 17.8 Å². The van der Waals surface area contributed by atoms with Crippen molar-refractivity contribution >= 4 is 16.6 Å². The molecular formula is C17H16N4. The van der Waals surface area contributed by atoms with Crippen LogP contribution in [0, 0.1) is 0 Å². The van der Waals surface area contributed by atoms with Crippen LogP contribution in [-0.4, -0.2) is 19.6 Å². The Hall–Kier alpha value is -2.62. The average Bonchev–Trinajstić information content (AvgIpc) is 3.13. The Morgan fingerprint density at radius 1 is 0.952 bits per heavy atom. The number of benzene rings is 1. The molecule has 0 atom stereocenters. The third-order valence-electron chi connectivity index (χ3n) is 3.91. The van der Waals surface area contributed by atoms with Crippen molar-refractivity contribution in [3.8, 4) is 0 Å². The molecule has 3 aromatic heterocycles. The molecule has 1 N–H and O–H groups in total. The highest BCUT2D eigenvalue weighted by atomic mass is 15.2. The van der Waals surface area contributed by atoms with Crippen LogP contribution in [0.15, 0.2) is 54.9 Å². The molecule has 4 nitrogen and oxygen atoms in total. The zero-order chi connectivity index (χ0) is 14.1. The summed E-state index contributed by atoms with van der Waals surface area (Å²) in [7, 11) is 0. The molecule has 0 fully saturated rings. The number of hydrogen-bond donors (Lipinski definition) is 1. The number of aryl methyl sites for hydroxylation is 2. The second-order valence-corrected chi connectivity index (χ2v) is 5.26. The van der Waals surface area contributed by atoms with Crippen LogP contribution in [0.25, 0.3) is 16.6 Å². The van der Waals surface area contributed by atoms with Gasteiger partial charge in [0.1, 0.15) is 5.82 Å². The molecule has 0 aliphatic heterocycles. The van der Waals surface area contributed by atoms with Gasteiger partial charge in [-0.05, 0) is 36.6 Å². The van der Waals surface area contributed by atoms with Gasteiger partial charge in [0.25, 0.3) is 0 Å². The lowest BCUT2D eigenvalue weighted by Crippen LogP contribution is -1.96. The van der Waals surface area contributed by atoms with Crippen molar-refractivity contribution in [3.05, 3.63) is 66.2 Å². The van der Waals surface area contributed by atoms with Crippen LogP contribution >= 0.6 is 0 Å². The van der Waals surface area contributed by atoms with Crippen LogP contribution in [0.3, 0.4) is 0 Å². The third kappa shape index (κ3) is 2.18. The zero-order valence-electron chi connectivity index (χ0n) is 11.7. The number of nitrogens with one attached hydrogen (secondary N) is 1. The first-order valence-electron chi connectivity index (χ1n) is 7.25. The lowest BCUT2D eigenvalue weighted by Gasteiger charge is -2.00. The second kappa shape index (κ2) is 5.05. The molecule has 4 heteroatoms. The lowest BCUT2D eigenvalue weighted by molar-refractivity contribution is 0.763. The Morgan fingerprint density at radius 3 is 2.86 bits per heavy atom. The fourth-order valence-electron chi connectivity index (χ4n) is 2.84. The van der Waals surface area contributed by atoms with Gasteiger partial charge in [-0.2, -0.15) is 0 Å². The van der Waals surface area contributed by atoms with Gasteiger partial charge < -0.3 is 4.98 Å². The van der Waals surface area contributed by atoms with Crippen LogP contribution in [0.2, 0.25) is 0 Å². The number of H-pyrrole nitrogens is 1. The minimum absolute atomic E-state index is 0.916. The summed E-state index contributed by atoms with van der Waals surface area (Å²) in [5.41, 5.74) is 3.50. The van der Waals surface area contributed by atoms with Gasteiger partial charge >= 0.3 is 0 Å². The van der Waals surface area contributed by atoms with E-state index in [9.17, 15) is 0 Å². The van der Waals surface area contributed by atoms with Crippen LogP contribution in [0.4, 0.5) is 0 Å². The molecule has 0 radical (unpaired) electrons. The van der Waals surface area contributed by atoms with Crippen molar-refractivity contribution in [3.63, 3.8) is 0 Å². The standard InChI is InChI=1S/C17H16N4/c1-2-8-15-14(7-1)13(12-18-15)6-5-10-17-20-19-16-9-3-4-11-21(16)17/h1-4,7-9,11-12,18H,5-6,10H2. The fourth-order valence-corrected chi connectivity index (χ4v) is 2.84. The Balaban J connectivity index is 1.50. The van der Waals surface area contributed by atoms with E-state index in [0.29, 0.717) is 0 Å². The molecule has 0 amide bonds. The first-order chi connectivity index (χ1) is 10.4. The van der Waals surface area contributed by atoms with Crippen LogP contribution in [0.5, 0.6) is 0 Å². The van der Waals surface area contributed by atoms with Crippen molar-refractivity contribution < 1.29 is 0 Å². The van der Waals surface area contributed by atoms with E-state index >= 15 is 0 Å². The normalized spacial score (nSPS) is 11.4. The molecule has 1 aromatic carbocycles. The summed E-state index contributed by atoms with van der Waals surface area (Å²) in [6, 6.07) is 14.4. The van der Waals surface area contributed by atoms with E-state index in [1.54, 1.807) is 0 Å². The van der Waals surface area contributed by atoms with Crippen LogP contribution in [-0.2, 0) is 12.8 Å². The molecule has 0 saturated heterocycles. The van der Waals surface area contributed by atoms with Crippen molar-refractivity contribution in [2.24, 2.45) is 0 Å². The number of nitrogens with zero attached hydrogens (tertiary/aromatic N) is 3. The van der Waals surface area contributed by atoms with Crippen molar-refractivity contribution in [2.75, 3.05) is 0 Å². The Bertz CT molecular complexity index is 814. The summed E-state index contributed by atoms with van der Waals surface area (Å²) in [5, 5.41) is 9.80. The van der Waals surface area contributed by atoms with Gasteiger partial charge in [-0.1, -0.05) is 24.3 Å². The van der Waals surface area contributed by atoms with Gasteiger partial charge in [0.05, 0.1) is 0 Å². The summed E-state index contributed by atoms with van der Waals surface area (Å²) in [4.78, 5) is 3.33. The van der Waals surface area contributed by atoms with Gasteiger partial charge in [-0.3, -0.25) is 4.40 Å². The van der Waals surface area contributed by atoms with Gasteiger partial charge in [-0.25, -0.2) is 0 Å². The minimum Gasteiger partial charge on any atom is -0.361 e. The minimum atomic E-state index is 0.916.